The molecule has 1 fully saturated rings. The summed E-state index contributed by atoms with van der Waals surface area (Å²) in [6.45, 7) is 4.70. The van der Waals surface area contributed by atoms with Gasteiger partial charge in [0.15, 0.2) is 0 Å². The first-order valence-electron chi connectivity index (χ1n) is 4.85. The third kappa shape index (κ3) is 2.78. The van der Waals surface area contributed by atoms with Crippen LogP contribution in [0.15, 0.2) is 0 Å². The maximum absolute atomic E-state index is 10.4. The van der Waals surface area contributed by atoms with Gasteiger partial charge in [0.1, 0.15) is 6.29 Å². The average Bonchev–Trinajstić information content (AvgIpc) is 2.04. The van der Waals surface area contributed by atoms with Gasteiger partial charge in [0.2, 0.25) is 0 Å². The van der Waals surface area contributed by atoms with Crippen LogP contribution >= 0.6 is 0 Å². The molecule has 1 heterocycles. The molecule has 0 aromatic heterocycles. The summed E-state index contributed by atoms with van der Waals surface area (Å²) < 4.78 is 5.51. The van der Waals surface area contributed by atoms with Gasteiger partial charge < -0.3 is 14.6 Å². The molecule has 2 unspecified atom stereocenters. The lowest BCUT2D eigenvalue weighted by atomic mass is 9.84. The van der Waals surface area contributed by atoms with Gasteiger partial charge in [-0.25, -0.2) is 0 Å². The molecule has 0 aromatic rings. The zero-order valence-electron chi connectivity index (χ0n) is 8.32. The molecule has 0 spiro atoms. The molecule has 0 radical (unpaired) electrons. The van der Waals surface area contributed by atoms with Crippen molar-refractivity contribution in [3.63, 3.8) is 0 Å². The van der Waals surface area contributed by atoms with Crippen molar-refractivity contribution in [2.45, 2.75) is 44.8 Å². The molecular weight excluding hydrogens is 168 g/mol. The molecule has 1 aliphatic rings. The first-order chi connectivity index (χ1) is 6.07. The van der Waals surface area contributed by atoms with Crippen LogP contribution in [0.4, 0.5) is 0 Å². The summed E-state index contributed by atoms with van der Waals surface area (Å²) in [6, 6.07) is 0. The fourth-order valence-electron chi connectivity index (χ4n) is 1.70. The molecule has 3 heteroatoms. The lowest BCUT2D eigenvalue weighted by molar-refractivity contribution is -0.131. The van der Waals surface area contributed by atoms with Crippen LogP contribution < -0.4 is 0 Å². The molecule has 0 saturated carbocycles. The fraction of sp³-hybridized carbons (Fsp3) is 0.900. The highest BCUT2D eigenvalue weighted by Crippen LogP contribution is 2.30. The Morgan fingerprint density at radius 3 is 2.92 bits per heavy atom. The monoisotopic (exact) mass is 186 g/mol. The minimum absolute atomic E-state index is 0.0960. The number of aliphatic hydroxyl groups is 1. The van der Waals surface area contributed by atoms with E-state index in [1.165, 1.54) is 0 Å². The lowest BCUT2D eigenvalue weighted by Gasteiger charge is -2.37. The van der Waals surface area contributed by atoms with Gasteiger partial charge in [-0.05, 0) is 5.92 Å². The average molecular weight is 186 g/mol. The molecule has 0 amide bonds. The van der Waals surface area contributed by atoms with E-state index < -0.39 is 5.60 Å². The minimum atomic E-state index is -0.811. The van der Waals surface area contributed by atoms with Gasteiger partial charge in [-0.2, -0.15) is 0 Å². The highest BCUT2D eigenvalue weighted by Gasteiger charge is 2.35. The predicted molar refractivity (Wildman–Crippen MR) is 49.4 cm³/mol. The van der Waals surface area contributed by atoms with E-state index in [1.54, 1.807) is 0 Å². The molecule has 1 rings (SSSR count). The summed E-state index contributed by atoms with van der Waals surface area (Å²) in [5.41, 5.74) is -0.811. The summed E-state index contributed by atoms with van der Waals surface area (Å²) in [4.78, 5) is 10.4. The molecule has 0 bridgehead atoms. The number of aldehydes is 1. The minimum Gasteiger partial charge on any atom is -0.389 e. The molecule has 2 atom stereocenters. The van der Waals surface area contributed by atoms with E-state index in [1.807, 2.05) is 0 Å². The SMILES string of the molecule is CC(C)C1CC(O)(CC=O)CCO1. The Balaban J connectivity index is 2.54. The Morgan fingerprint density at radius 2 is 2.38 bits per heavy atom. The maximum atomic E-state index is 10.4. The van der Waals surface area contributed by atoms with Crippen molar-refractivity contribution in [1.82, 2.24) is 0 Å². The number of carbonyl (C=O) groups excluding carboxylic acids is 1. The van der Waals surface area contributed by atoms with Crippen molar-refractivity contribution in [2.75, 3.05) is 6.61 Å². The van der Waals surface area contributed by atoms with Crippen molar-refractivity contribution in [2.24, 2.45) is 5.92 Å². The van der Waals surface area contributed by atoms with E-state index in [-0.39, 0.29) is 12.5 Å². The van der Waals surface area contributed by atoms with Crippen molar-refractivity contribution in [3.05, 3.63) is 0 Å². The molecule has 76 valence electrons. The van der Waals surface area contributed by atoms with Gasteiger partial charge in [-0.3, -0.25) is 0 Å². The van der Waals surface area contributed by atoms with Crippen LogP contribution in [0.25, 0.3) is 0 Å². The van der Waals surface area contributed by atoms with E-state index in [0.717, 1.165) is 6.29 Å². The molecule has 13 heavy (non-hydrogen) atoms. The van der Waals surface area contributed by atoms with E-state index in [9.17, 15) is 9.90 Å². The summed E-state index contributed by atoms with van der Waals surface area (Å²) in [5, 5.41) is 9.98. The van der Waals surface area contributed by atoms with Gasteiger partial charge in [0, 0.05) is 25.9 Å². The lowest BCUT2D eigenvalue weighted by Crippen LogP contribution is -2.42. The summed E-state index contributed by atoms with van der Waals surface area (Å²) in [6.07, 6.45) is 2.29. The number of rotatable bonds is 3. The first-order valence-corrected chi connectivity index (χ1v) is 4.85. The molecule has 1 aliphatic heterocycles. The van der Waals surface area contributed by atoms with Crippen LogP contribution in [0.5, 0.6) is 0 Å². The smallest absolute Gasteiger partial charge is 0.122 e. The topological polar surface area (TPSA) is 46.5 Å². The number of carbonyl (C=O) groups is 1. The van der Waals surface area contributed by atoms with Crippen molar-refractivity contribution >= 4 is 6.29 Å². The normalized spacial score (nSPS) is 34.9. The van der Waals surface area contributed by atoms with Gasteiger partial charge in [-0.15, -0.1) is 0 Å². The van der Waals surface area contributed by atoms with Crippen LogP contribution in [-0.4, -0.2) is 29.7 Å². The third-order valence-electron chi connectivity index (χ3n) is 2.69. The fourth-order valence-corrected chi connectivity index (χ4v) is 1.70. The molecule has 0 aromatic carbocycles. The molecule has 0 aliphatic carbocycles. The van der Waals surface area contributed by atoms with Gasteiger partial charge in [0.05, 0.1) is 11.7 Å². The second-order valence-corrected chi connectivity index (χ2v) is 4.20. The van der Waals surface area contributed by atoms with Gasteiger partial charge >= 0.3 is 0 Å². The molecule has 3 nitrogen and oxygen atoms in total. The van der Waals surface area contributed by atoms with Gasteiger partial charge in [0.25, 0.3) is 0 Å². The second-order valence-electron chi connectivity index (χ2n) is 4.20. The van der Waals surface area contributed by atoms with E-state index in [4.69, 9.17) is 4.74 Å². The van der Waals surface area contributed by atoms with Crippen LogP contribution in [0.1, 0.15) is 33.1 Å². The standard InChI is InChI=1S/C10H18O3/c1-8(2)9-7-10(12,3-5-11)4-6-13-9/h5,8-9,12H,3-4,6-7H2,1-2H3. The Kier molecular flexibility index (Phi) is 3.45. The molecular formula is C10H18O3. The summed E-state index contributed by atoms with van der Waals surface area (Å²) >= 11 is 0. The number of hydrogen-bond donors (Lipinski definition) is 1. The van der Waals surface area contributed by atoms with Crippen molar-refractivity contribution < 1.29 is 14.6 Å². The third-order valence-corrected chi connectivity index (χ3v) is 2.69. The highest BCUT2D eigenvalue weighted by atomic mass is 16.5. The zero-order valence-corrected chi connectivity index (χ0v) is 8.32. The van der Waals surface area contributed by atoms with E-state index in [2.05, 4.69) is 13.8 Å². The summed E-state index contributed by atoms with van der Waals surface area (Å²) in [7, 11) is 0. The summed E-state index contributed by atoms with van der Waals surface area (Å²) in [5.74, 6) is 0.401. The number of ether oxygens (including phenoxy) is 1. The maximum Gasteiger partial charge on any atom is 0.122 e. The van der Waals surface area contributed by atoms with Crippen LogP contribution in [0, 0.1) is 5.92 Å². The Hall–Kier alpha value is -0.410. The molecule has 1 N–H and O–H groups in total. The van der Waals surface area contributed by atoms with Crippen molar-refractivity contribution in [3.8, 4) is 0 Å². The van der Waals surface area contributed by atoms with Crippen LogP contribution in [-0.2, 0) is 9.53 Å². The highest BCUT2D eigenvalue weighted by molar-refractivity contribution is 5.51. The Bertz CT molecular complexity index is 179. The Labute approximate surface area is 79.1 Å². The molecule has 1 saturated heterocycles. The largest absolute Gasteiger partial charge is 0.389 e. The van der Waals surface area contributed by atoms with E-state index >= 15 is 0 Å². The second kappa shape index (κ2) is 4.20. The van der Waals surface area contributed by atoms with Crippen molar-refractivity contribution in [1.29, 1.82) is 0 Å². The number of hydrogen-bond acceptors (Lipinski definition) is 3. The first kappa shape index (κ1) is 10.7. The van der Waals surface area contributed by atoms with Crippen LogP contribution in [0.3, 0.4) is 0 Å². The quantitative estimate of drug-likeness (QED) is 0.672. The zero-order chi connectivity index (χ0) is 9.90. The predicted octanol–water partition coefficient (Wildman–Crippen LogP) is 1.14. The van der Waals surface area contributed by atoms with Crippen LogP contribution in [0.2, 0.25) is 0 Å². The van der Waals surface area contributed by atoms with E-state index in [0.29, 0.717) is 25.4 Å². The Morgan fingerprint density at radius 1 is 1.69 bits per heavy atom. The van der Waals surface area contributed by atoms with Gasteiger partial charge in [-0.1, -0.05) is 13.8 Å².